The second kappa shape index (κ2) is 7.34. The fraction of sp³-hybridized carbons (Fsp3) is 0.529. The average Bonchev–Trinajstić information content (AvgIpc) is 3.00. The molecule has 1 unspecified atom stereocenters. The lowest BCUT2D eigenvalue weighted by molar-refractivity contribution is -0.128. The van der Waals surface area contributed by atoms with Crippen molar-refractivity contribution in [2.75, 3.05) is 0 Å². The Morgan fingerprint density at radius 1 is 1.17 bits per heavy atom. The maximum absolute atomic E-state index is 12.6. The minimum absolute atomic E-state index is 0.0253. The molecule has 1 aromatic carbocycles. The summed E-state index contributed by atoms with van der Waals surface area (Å²) in [7, 11) is -3.97. The molecule has 0 aliphatic heterocycles. The van der Waals surface area contributed by atoms with Gasteiger partial charge in [0.25, 0.3) is 15.9 Å². The molecule has 0 radical (unpaired) electrons. The molecule has 1 aliphatic carbocycles. The molecule has 1 aliphatic rings. The Kier molecular flexibility index (Phi) is 5.64. The number of rotatable bonds is 5. The van der Waals surface area contributed by atoms with Gasteiger partial charge in [0.1, 0.15) is 6.04 Å². The Bertz CT molecular complexity index is 737. The van der Waals surface area contributed by atoms with Crippen LogP contribution < -0.4 is 10.0 Å². The summed E-state index contributed by atoms with van der Waals surface area (Å²) in [5.74, 6) is -1.04. The van der Waals surface area contributed by atoms with Crippen molar-refractivity contribution in [2.24, 2.45) is 5.92 Å². The van der Waals surface area contributed by atoms with E-state index >= 15 is 0 Å². The van der Waals surface area contributed by atoms with Gasteiger partial charge in [-0.15, -0.1) is 0 Å². The monoisotopic (exact) mass is 352 g/mol. The molecule has 0 bridgehead atoms. The highest BCUT2D eigenvalue weighted by atomic mass is 32.2. The lowest BCUT2D eigenvalue weighted by Gasteiger charge is -2.23. The first-order chi connectivity index (χ1) is 11.2. The van der Waals surface area contributed by atoms with Gasteiger partial charge in [-0.25, -0.2) is 13.1 Å². The highest BCUT2D eigenvalue weighted by molar-refractivity contribution is 7.90. The Morgan fingerprint density at radius 2 is 1.79 bits per heavy atom. The number of aryl methyl sites for hydroxylation is 2. The summed E-state index contributed by atoms with van der Waals surface area (Å²) in [6.45, 7) is 4.80. The van der Waals surface area contributed by atoms with E-state index in [0.717, 1.165) is 31.2 Å². The molecule has 0 saturated heterocycles. The van der Waals surface area contributed by atoms with Crippen molar-refractivity contribution < 1.29 is 18.0 Å². The molecule has 0 heterocycles. The lowest BCUT2D eigenvalue weighted by atomic mass is 9.97. The van der Waals surface area contributed by atoms with Crippen LogP contribution in [0.3, 0.4) is 0 Å². The molecule has 132 valence electrons. The number of benzene rings is 1. The third-order valence-electron chi connectivity index (χ3n) is 4.38. The van der Waals surface area contributed by atoms with Gasteiger partial charge in [-0.1, -0.05) is 25.0 Å². The van der Waals surface area contributed by atoms with E-state index in [9.17, 15) is 18.0 Å². The first-order valence-electron chi connectivity index (χ1n) is 8.12. The number of carbonyl (C=O) groups excluding carboxylic acids is 2. The van der Waals surface area contributed by atoms with Crippen molar-refractivity contribution in [3.63, 3.8) is 0 Å². The van der Waals surface area contributed by atoms with Gasteiger partial charge in [-0.05, 0) is 49.8 Å². The second-order valence-corrected chi connectivity index (χ2v) is 8.11. The van der Waals surface area contributed by atoms with Crippen molar-refractivity contribution in [2.45, 2.75) is 57.4 Å². The molecule has 6 nitrogen and oxygen atoms in total. The van der Waals surface area contributed by atoms with Gasteiger partial charge < -0.3 is 5.32 Å². The molecule has 2 N–H and O–H groups in total. The molecule has 2 amide bonds. The molecular formula is C17H24N2O4S. The molecule has 1 atom stereocenters. The van der Waals surface area contributed by atoms with E-state index in [-0.39, 0.29) is 16.7 Å². The molecule has 1 saturated carbocycles. The predicted octanol–water partition coefficient (Wildman–Crippen LogP) is 1.80. The largest absolute Gasteiger partial charge is 0.344 e. The van der Waals surface area contributed by atoms with E-state index in [1.165, 1.54) is 13.0 Å². The van der Waals surface area contributed by atoms with Gasteiger partial charge >= 0.3 is 0 Å². The predicted molar refractivity (Wildman–Crippen MR) is 90.8 cm³/mol. The van der Waals surface area contributed by atoms with Crippen LogP contribution in [0.1, 0.15) is 43.7 Å². The normalized spacial score (nSPS) is 16.6. The Hall–Kier alpha value is -1.89. The molecule has 2 rings (SSSR count). The Labute approximate surface area is 143 Å². The van der Waals surface area contributed by atoms with Gasteiger partial charge in [0.15, 0.2) is 0 Å². The number of hydrogen-bond acceptors (Lipinski definition) is 4. The second-order valence-electron chi connectivity index (χ2n) is 6.46. The van der Waals surface area contributed by atoms with Crippen molar-refractivity contribution >= 4 is 21.8 Å². The van der Waals surface area contributed by atoms with Crippen LogP contribution in [-0.4, -0.2) is 26.3 Å². The molecular weight excluding hydrogens is 328 g/mol. The van der Waals surface area contributed by atoms with Crippen LogP contribution in [0.4, 0.5) is 0 Å². The highest BCUT2D eigenvalue weighted by Crippen LogP contribution is 2.28. The standard InChI is InChI=1S/C17H24N2O4S/c1-11-8-9-12(2)15(10-11)24(22,23)19-17(21)16(18-13(3)20)14-6-4-5-7-14/h8-10,14,16H,4-7H2,1-3H3,(H,18,20)(H,19,21). The van der Waals surface area contributed by atoms with E-state index in [1.807, 2.05) is 6.07 Å². The van der Waals surface area contributed by atoms with E-state index in [1.54, 1.807) is 19.9 Å². The molecule has 0 spiro atoms. The fourth-order valence-corrected chi connectivity index (χ4v) is 4.49. The zero-order valence-electron chi connectivity index (χ0n) is 14.3. The van der Waals surface area contributed by atoms with E-state index in [0.29, 0.717) is 5.56 Å². The number of sulfonamides is 1. The zero-order chi connectivity index (χ0) is 17.9. The summed E-state index contributed by atoms with van der Waals surface area (Å²) in [5, 5.41) is 2.61. The van der Waals surface area contributed by atoms with E-state index < -0.39 is 22.0 Å². The van der Waals surface area contributed by atoms with Crippen LogP contribution in [0.25, 0.3) is 0 Å². The molecule has 24 heavy (non-hydrogen) atoms. The van der Waals surface area contributed by atoms with Gasteiger partial charge in [0.05, 0.1) is 4.90 Å². The summed E-state index contributed by atoms with van der Waals surface area (Å²) < 4.78 is 27.3. The number of amides is 2. The van der Waals surface area contributed by atoms with Crippen LogP contribution >= 0.6 is 0 Å². The van der Waals surface area contributed by atoms with Gasteiger partial charge in [-0.2, -0.15) is 0 Å². The van der Waals surface area contributed by atoms with Crippen molar-refractivity contribution in [1.82, 2.24) is 10.0 Å². The fourth-order valence-electron chi connectivity index (χ4n) is 3.15. The van der Waals surface area contributed by atoms with Gasteiger partial charge in [-0.3, -0.25) is 9.59 Å². The van der Waals surface area contributed by atoms with Crippen LogP contribution in [0.2, 0.25) is 0 Å². The van der Waals surface area contributed by atoms with Crippen LogP contribution in [0.5, 0.6) is 0 Å². The summed E-state index contributed by atoms with van der Waals surface area (Å²) in [6.07, 6.45) is 3.58. The van der Waals surface area contributed by atoms with Crippen molar-refractivity contribution in [1.29, 1.82) is 0 Å². The number of hydrogen-bond donors (Lipinski definition) is 2. The highest BCUT2D eigenvalue weighted by Gasteiger charge is 2.33. The summed E-state index contributed by atoms with van der Waals surface area (Å²) in [4.78, 5) is 24.0. The maximum atomic E-state index is 12.6. The first kappa shape index (κ1) is 18.4. The van der Waals surface area contributed by atoms with Gasteiger partial charge in [0, 0.05) is 6.92 Å². The molecule has 0 aromatic heterocycles. The first-order valence-corrected chi connectivity index (χ1v) is 9.60. The summed E-state index contributed by atoms with van der Waals surface area (Å²) in [6, 6.07) is 4.24. The van der Waals surface area contributed by atoms with Crippen LogP contribution in [0.15, 0.2) is 23.1 Å². The van der Waals surface area contributed by atoms with Crippen LogP contribution in [0, 0.1) is 19.8 Å². The topological polar surface area (TPSA) is 92.3 Å². The minimum Gasteiger partial charge on any atom is -0.344 e. The number of carbonyl (C=O) groups is 2. The number of nitrogens with one attached hydrogen (secondary N) is 2. The van der Waals surface area contributed by atoms with Gasteiger partial charge in [0.2, 0.25) is 5.91 Å². The van der Waals surface area contributed by atoms with E-state index in [4.69, 9.17) is 0 Å². The smallest absolute Gasteiger partial charge is 0.264 e. The zero-order valence-corrected chi connectivity index (χ0v) is 15.1. The summed E-state index contributed by atoms with van der Waals surface area (Å²) >= 11 is 0. The third kappa shape index (κ3) is 4.35. The minimum atomic E-state index is -3.97. The van der Waals surface area contributed by atoms with Crippen molar-refractivity contribution in [3.8, 4) is 0 Å². The van der Waals surface area contributed by atoms with Crippen LogP contribution in [-0.2, 0) is 19.6 Å². The third-order valence-corrected chi connectivity index (χ3v) is 5.87. The van der Waals surface area contributed by atoms with Crippen molar-refractivity contribution in [3.05, 3.63) is 29.3 Å². The quantitative estimate of drug-likeness (QED) is 0.845. The maximum Gasteiger partial charge on any atom is 0.264 e. The Morgan fingerprint density at radius 3 is 2.38 bits per heavy atom. The summed E-state index contributed by atoms with van der Waals surface area (Å²) in [5.41, 5.74) is 1.36. The SMILES string of the molecule is CC(=O)NC(C(=O)NS(=O)(=O)c1cc(C)ccc1C)C1CCCC1. The molecule has 7 heteroatoms. The molecule has 1 aromatic rings. The lowest BCUT2D eigenvalue weighted by Crippen LogP contribution is -2.51. The Balaban J connectivity index is 2.24. The molecule has 1 fully saturated rings. The average molecular weight is 352 g/mol. The van der Waals surface area contributed by atoms with E-state index in [2.05, 4.69) is 10.0 Å².